The minimum atomic E-state index is -0.542. The van der Waals surface area contributed by atoms with E-state index in [1.165, 1.54) is 0 Å². The number of para-hydroxylation sites is 1. The summed E-state index contributed by atoms with van der Waals surface area (Å²) in [6.45, 7) is 0. The monoisotopic (exact) mass is 321 g/mol. The molecule has 0 atom stereocenters. The Morgan fingerprint density at radius 3 is 2.25 bits per heavy atom. The maximum atomic E-state index is 12.4. The summed E-state index contributed by atoms with van der Waals surface area (Å²) >= 11 is 0. The molecular weight excluding hydrogens is 306 g/mol. The molecule has 0 aliphatic heterocycles. The number of esters is 1. The maximum Gasteiger partial charge on any atom is 0.349 e. The van der Waals surface area contributed by atoms with Crippen LogP contribution in [-0.2, 0) is 0 Å². The molecule has 1 heterocycles. The van der Waals surface area contributed by atoms with Crippen molar-refractivity contribution in [1.82, 2.24) is 4.98 Å². The first-order valence-electron chi connectivity index (χ1n) is 7.30. The molecule has 0 aliphatic carbocycles. The van der Waals surface area contributed by atoms with Crippen LogP contribution in [0.2, 0.25) is 0 Å². The first-order chi connectivity index (χ1) is 11.8. The van der Waals surface area contributed by atoms with Crippen molar-refractivity contribution in [2.24, 2.45) is 0 Å². The third-order valence-corrected chi connectivity index (χ3v) is 3.22. The van der Waals surface area contributed by atoms with Crippen LogP contribution >= 0.6 is 0 Å². The molecule has 5 heteroatoms. The Labute approximate surface area is 139 Å². The highest BCUT2D eigenvalue weighted by molar-refractivity contribution is 5.93. The Hall–Kier alpha value is -3.34. The van der Waals surface area contributed by atoms with Gasteiger partial charge in [0.25, 0.3) is 0 Å². The predicted molar refractivity (Wildman–Crippen MR) is 88.7 cm³/mol. The molecule has 0 amide bonds. The summed E-state index contributed by atoms with van der Waals surface area (Å²) in [5.41, 5.74) is 0.247. The molecule has 24 heavy (non-hydrogen) atoms. The molecule has 120 valence electrons. The second-order valence-electron chi connectivity index (χ2n) is 4.84. The van der Waals surface area contributed by atoms with Crippen molar-refractivity contribution in [3.8, 4) is 23.1 Å². The fraction of sp³-hybridized carbons (Fsp3) is 0.0526. The number of methoxy groups -OCH3 is 1. The van der Waals surface area contributed by atoms with E-state index in [-0.39, 0.29) is 11.4 Å². The second-order valence-corrected chi connectivity index (χ2v) is 4.84. The van der Waals surface area contributed by atoms with Crippen molar-refractivity contribution in [1.29, 1.82) is 0 Å². The number of carbonyl (C=O) groups is 1. The van der Waals surface area contributed by atoms with Crippen LogP contribution in [0.25, 0.3) is 0 Å². The van der Waals surface area contributed by atoms with Gasteiger partial charge in [0.15, 0.2) is 0 Å². The minimum Gasteiger partial charge on any atom is -0.497 e. The summed E-state index contributed by atoms with van der Waals surface area (Å²) in [5, 5.41) is 0. The number of carbonyl (C=O) groups excluding carboxylic acids is 1. The van der Waals surface area contributed by atoms with E-state index in [1.807, 2.05) is 18.2 Å². The molecule has 0 bridgehead atoms. The third-order valence-electron chi connectivity index (χ3n) is 3.22. The Kier molecular flexibility index (Phi) is 4.72. The number of aromatic nitrogens is 1. The lowest BCUT2D eigenvalue weighted by Gasteiger charge is -2.10. The van der Waals surface area contributed by atoms with Crippen molar-refractivity contribution in [2.75, 3.05) is 7.11 Å². The van der Waals surface area contributed by atoms with Crippen LogP contribution in [0.15, 0.2) is 72.9 Å². The molecule has 5 nitrogen and oxygen atoms in total. The van der Waals surface area contributed by atoms with Crippen LogP contribution < -0.4 is 14.2 Å². The zero-order valence-electron chi connectivity index (χ0n) is 13.0. The van der Waals surface area contributed by atoms with Crippen molar-refractivity contribution >= 4 is 5.97 Å². The van der Waals surface area contributed by atoms with E-state index in [0.717, 1.165) is 0 Å². The molecule has 0 spiro atoms. The highest BCUT2D eigenvalue weighted by Gasteiger charge is 2.16. The molecule has 0 fully saturated rings. The van der Waals surface area contributed by atoms with Gasteiger partial charge in [-0.1, -0.05) is 18.2 Å². The average molecular weight is 321 g/mol. The Bertz CT molecular complexity index is 816. The van der Waals surface area contributed by atoms with Gasteiger partial charge in [-0.15, -0.1) is 0 Å². The van der Waals surface area contributed by atoms with Gasteiger partial charge >= 0.3 is 5.97 Å². The van der Waals surface area contributed by atoms with Crippen molar-refractivity contribution in [3.63, 3.8) is 0 Å². The van der Waals surface area contributed by atoms with Crippen LogP contribution in [0.4, 0.5) is 0 Å². The largest absolute Gasteiger partial charge is 0.497 e. The van der Waals surface area contributed by atoms with Crippen LogP contribution in [0.1, 0.15) is 10.4 Å². The topological polar surface area (TPSA) is 57.7 Å². The molecule has 1 aromatic heterocycles. The van der Waals surface area contributed by atoms with Gasteiger partial charge in [0.1, 0.15) is 22.8 Å². The zero-order chi connectivity index (χ0) is 16.8. The molecule has 3 rings (SSSR count). The van der Waals surface area contributed by atoms with E-state index in [1.54, 1.807) is 61.8 Å². The fourth-order valence-corrected chi connectivity index (χ4v) is 2.03. The number of ether oxygens (including phenoxy) is 3. The number of hydrogen-bond acceptors (Lipinski definition) is 5. The molecule has 0 unspecified atom stereocenters. The van der Waals surface area contributed by atoms with E-state index < -0.39 is 5.97 Å². The summed E-state index contributed by atoms with van der Waals surface area (Å²) in [7, 11) is 1.57. The Morgan fingerprint density at radius 2 is 1.54 bits per heavy atom. The number of benzene rings is 2. The van der Waals surface area contributed by atoms with Gasteiger partial charge < -0.3 is 14.2 Å². The predicted octanol–water partition coefficient (Wildman–Crippen LogP) is 4.10. The lowest BCUT2D eigenvalue weighted by atomic mass is 10.2. The number of hydrogen-bond donors (Lipinski definition) is 0. The van der Waals surface area contributed by atoms with Gasteiger partial charge in [-0.3, -0.25) is 0 Å². The molecule has 0 saturated heterocycles. The van der Waals surface area contributed by atoms with Crippen LogP contribution in [0.5, 0.6) is 23.1 Å². The smallest absolute Gasteiger partial charge is 0.349 e. The summed E-state index contributed by atoms with van der Waals surface area (Å²) in [4.78, 5) is 16.5. The quantitative estimate of drug-likeness (QED) is 0.523. The van der Waals surface area contributed by atoms with Gasteiger partial charge in [-0.25, -0.2) is 9.78 Å². The molecule has 2 aromatic carbocycles. The average Bonchev–Trinajstić information content (AvgIpc) is 2.63. The van der Waals surface area contributed by atoms with E-state index in [4.69, 9.17) is 14.2 Å². The first-order valence-corrected chi connectivity index (χ1v) is 7.30. The van der Waals surface area contributed by atoms with Crippen LogP contribution in [-0.4, -0.2) is 18.1 Å². The van der Waals surface area contributed by atoms with Gasteiger partial charge in [0.2, 0.25) is 5.88 Å². The number of nitrogens with zero attached hydrogens (tertiary/aromatic N) is 1. The molecule has 0 saturated carbocycles. The number of rotatable bonds is 5. The summed E-state index contributed by atoms with van der Waals surface area (Å²) in [6.07, 6.45) is 1.56. The SMILES string of the molecule is COc1ccc(OC(=O)c2cccnc2Oc2ccccc2)cc1. The summed E-state index contributed by atoms with van der Waals surface area (Å²) in [6, 6.07) is 19.1. The lowest BCUT2D eigenvalue weighted by molar-refractivity contribution is 0.0731. The van der Waals surface area contributed by atoms with Gasteiger partial charge in [-0.05, 0) is 48.5 Å². The van der Waals surface area contributed by atoms with E-state index in [0.29, 0.717) is 17.2 Å². The normalized spacial score (nSPS) is 10.0. The number of pyridine rings is 1. The molecule has 0 aliphatic rings. The highest BCUT2D eigenvalue weighted by atomic mass is 16.5. The van der Waals surface area contributed by atoms with Gasteiger partial charge in [-0.2, -0.15) is 0 Å². The van der Waals surface area contributed by atoms with Gasteiger partial charge in [0, 0.05) is 6.20 Å². The highest BCUT2D eigenvalue weighted by Crippen LogP contribution is 2.24. The summed E-state index contributed by atoms with van der Waals surface area (Å²) in [5.74, 6) is 1.34. The van der Waals surface area contributed by atoms with Crippen molar-refractivity contribution in [3.05, 3.63) is 78.5 Å². The first kappa shape index (κ1) is 15.6. The Morgan fingerprint density at radius 1 is 0.833 bits per heavy atom. The van der Waals surface area contributed by atoms with E-state index in [2.05, 4.69) is 4.98 Å². The minimum absolute atomic E-state index is 0.196. The zero-order valence-corrected chi connectivity index (χ0v) is 13.0. The maximum absolute atomic E-state index is 12.4. The van der Waals surface area contributed by atoms with Crippen molar-refractivity contribution < 1.29 is 19.0 Å². The van der Waals surface area contributed by atoms with Crippen molar-refractivity contribution in [2.45, 2.75) is 0 Å². The lowest BCUT2D eigenvalue weighted by Crippen LogP contribution is -2.10. The van der Waals surface area contributed by atoms with Crippen LogP contribution in [0.3, 0.4) is 0 Å². The Balaban J connectivity index is 1.79. The van der Waals surface area contributed by atoms with Gasteiger partial charge in [0.05, 0.1) is 7.11 Å². The van der Waals surface area contributed by atoms with E-state index >= 15 is 0 Å². The van der Waals surface area contributed by atoms with E-state index in [9.17, 15) is 4.79 Å². The molecule has 0 radical (unpaired) electrons. The fourth-order valence-electron chi connectivity index (χ4n) is 2.03. The molecular formula is C19H15NO4. The molecule has 0 N–H and O–H groups in total. The van der Waals surface area contributed by atoms with Crippen LogP contribution in [0, 0.1) is 0 Å². The third kappa shape index (κ3) is 3.70. The summed E-state index contributed by atoms with van der Waals surface area (Å²) < 4.78 is 16.1. The molecule has 3 aromatic rings. The standard InChI is InChI=1S/C19H15NO4/c1-22-14-9-11-16(12-10-14)24-19(21)17-8-5-13-20-18(17)23-15-6-3-2-4-7-15/h2-13H,1H3. The second kappa shape index (κ2) is 7.28.